The number of hydrogen-bond acceptors (Lipinski definition) is 4. The van der Waals surface area contributed by atoms with E-state index < -0.39 is 16.1 Å². The molecule has 30 heavy (non-hydrogen) atoms. The van der Waals surface area contributed by atoms with E-state index in [0.29, 0.717) is 25.3 Å². The summed E-state index contributed by atoms with van der Waals surface area (Å²) in [4.78, 5) is 14.7. The number of carbonyl (C=O) groups excluding carboxylic acids is 1. The van der Waals surface area contributed by atoms with Crippen molar-refractivity contribution >= 4 is 21.6 Å². The van der Waals surface area contributed by atoms with E-state index in [1.165, 1.54) is 28.6 Å². The van der Waals surface area contributed by atoms with Crippen LogP contribution in [0.25, 0.3) is 0 Å². The van der Waals surface area contributed by atoms with Gasteiger partial charge in [0.1, 0.15) is 5.82 Å². The van der Waals surface area contributed by atoms with E-state index in [1.807, 2.05) is 11.9 Å². The Balaban J connectivity index is 1.60. The number of nitrogens with zero attached hydrogens (tertiary/aromatic N) is 2. The summed E-state index contributed by atoms with van der Waals surface area (Å²) in [5.41, 5.74) is 1.45. The lowest BCUT2D eigenvalue weighted by Crippen LogP contribution is -2.39. The van der Waals surface area contributed by atoms with E-state index in [1.54, 1.807) is 31.2 Å². The smallest absolute Gasteiger partial charge is 0.243 e. The molecule has 1 saturated heterocycles. The Morgan fingerprint density at radius 3 is 2.27 bits per heavy atom. The van der Waals surface area contributed by atoms with Gasteiger partial charge >= 0.3 is 0 Å². The number of benzene rings is 2. The lowest BCUT2D eigenvalue weighted by Gasteiger charge is -2.26. The van der Waals surface area contributed by atoms with Crippen molar-refractivity contribution in [1.82, 2.24) is 9.21 Å². The maximum absolute atomic E-state index is 13.0. The lowest BCUT2D eigenvalue weighted by atomic mass is 10.2. The maximum atomic E-state index is 13.0. The van der Waals surface area contributed by atoms with Crippen LogP contribution < -0.4 is 5.32 Å². The molecule has 1 atom stereocenters. The van der Waals surface area contributed by atoms with Gasteiger partial charge in [-0.25, -0.2) is 12.8 Å². The van der Waals surface area contributed by atoms with Gasteiger partial charge in [0.15, 0.2) is 0 Å². The largest absolute Gasteiger partial charge is 0.325 e. The summed E-state index contributed by atoms with van der Waals surface area (Å²) in [5.74, 6) is -0.496. The third kappa shape index (κ3) is 5.44. The molecule has 1 unspecified atom stereocenters. The van der Waals surface area contributed by atoms with Gasteiger partial charge in [-0.3, -0.25) is 9.69 Å². The molecule has 2 aromatic rings. The first-order chi connectivity index (χ1) is 14.3. The molecular weight excluding hydrogens is 405 g/mol. The Labute approximate surface area is 177 Å². The van der Waals surface area contributed by atoms with Gasteiger partial charge in [-0.2, -0.15) is 4.31 Å². The van der Waals surface area contributed by atoms with Crippen LogP contribution >= 0.6 is 0 Å². The van der Waals surface area contributed by atoms with Crippen LogP contribution in [0.2, 0.25) is 0 Å². The second-order valence-electron chi connectivity index (χ2n) is 7.70. The number of likely N-dealkylation sites (N-methyl/N-ethyl adjacent to an activating group) is 1. The van der Waals surface area contributed by atoms with Crippen molar-refractivity contribution in [2.45, 2.75) is 43.7 Å². The molecule has 6 nitrogen and oxygen atoms in total. The topological polar surface area (TPSA) is 69.7 Å². The Morgan fingerprint density at radius 2 is 1.67 bits per heavy atom. The minimum absolute atomic E-state index is 0.203. The first kappa shape index (κ1) is 22.4. The Bertz CT molecular complexity index is 956. The van der Waals surface area contributed by atoms with Gasteiger partial charge in [0.05, 0.1) is 10.9 Å². The normalized spacial score (nSPS) is 16.4. The van der Waals surface area contributed by atoms with E-state index in [0.717, 1.165) is 24.8 Å². The molecule has 162 valence electrons. The van der Waals surface area contributed by atoms with E-state index >= 15 is 0 Å². The quantitative estimate of drug-likeness (QED) is 0.726. The average molecular weight is 434 g/mol. The van der Waals surface area contributed by atoms with Gasteiger partial charge in [-0.05, 0) is 68.8 Å². The monoisotopic (exact) mass is 433 g/mol. The van der Waals surface area contributed by atoms with Crippen LogP contribution in [-0.4, -0.2) is 49.7 Å². The van der Waals surface area contributed by atoms with Gasteiger partial charge in [-0.1, -0.05) is 18.6 Å². The van der Waals surface area contributed by atoms with Gasteiger partial charge in [0, 0.05) is 25.3 Å². The van der Waals surface area contributed by atoms with E-state index in [9.17, 15) is 17.6 Å². The lowest BCUT2D eigenvalue weighted by molar-refractivity contribution is -0.120. The van der Waals surface area contributed by atoms with Crippen LogP contribution in [0.3, 0.4) is 0 Å². The van der Waals surface area contributed by atoms with Crippen molar-refractivity contribution in [2.24, 2.45) is 0 Å². The number of nitrogens with one attached hydrogen (secondary N) is 1. The molecule has 0 spiro atoms. The molecule has 1 heterocycles. The molecule has 0 radical (unpaired) electrons. The van der Waals surface area contributed by atoms with Crippen molar-refractivity contribution in [2.75, 3.05) is 25.5 Å². The standard InChI is InChI=1S/C22H28FN3O3S/c1-17(25(2)16-18-6-8-19(23)9-7-18)22(27)24-20-10-12-21(13-11-20)30(28,29)26-14-4-3-5-15-26/h6-13,17H,3-5,14-16H2,1-2H3,(H,24,27). The molecule has 1 aliphatic rings. The summed E-state index contributed by atoms with van der Waals surface area (Å²) in [6.07, 6.45) is 2.83. The second-order valence-corrected chi connectivity index (χ2v) is 9.63. The summed E-state index contributed by atoms with van der Waals surface area (Å²) in [7, 11) is -1.67. The molecule has 2 aromatic carbocycles. The molecular formula is C22H28FN3O3S. The van der Waals surface area contributed by atoms with Crippen molar-refractivity contribution in [3.63, 3.8) is 0 Å². The number of sulfonamides is 1. The molecule has 3 rings (SSSR count). The van der Waals surface area contributed by atoms with Crippen LogP contribution in [0.4, 0.5) is 10.1 Å². The van der Waals surface area contributed by atoms with Crippen molar-refractivity contribution < 1.29 is 17.6 Å². The number of anilines is 1. The first-order valence-corrected chi connectivity index (χ1v) is 11.6. The van der Waals surface area contributed by atoms with Crippen LogP contribution in [-0.2, 0) is 21.4 Å². The molecule has 0 aromatic heterocycles. The van der Waals surface area contributed by atoms with Crippen LogP contribution in [0.15, 0.2) is 53.4 Å². The molecule has 1 amide bonds. The molecule has 8 heteroatoms. The Hall–Kier alpha value is -2.29. The third-order valence-corrected chi connectivity index (χ3v) is 7.37. The molecule has 1 N–H and O–H groups in total. The minimum Gasteiger partial charge on any atom is -0.325 e. The van der Waals surface area contributed by atoms with Crippen LogP contribution in [0.5, 0.6) is 0 Å². The van der Waals surface area contributed by atoms with Gasteiger partial charge in [0.25, 0.3) is 0 Å². The minimum atomic E-state index is -3.49. The summed E-state index contributed by atoms with van der Waals surface area (Å²) in [6.45, 7) is 3.40. The van der Waals surface area contributed by atoms with E-state index in [4.69, 9.17) is 0 Å². The zero-order valence-electron chi connectivity index (χ0n) is 17.3. The highest BCUT2D eigenvalue weighted by Gasteiger charge is 2.26. The van der Waals surface area contributed by atoms with Crippen molar-refractivity contribution in [1.29, 1.82) is 0 Å². The average Bonchev–Trinajstić information content (AvgIpc) is 2.75. The molecule has 0 bridgehead atoms. The fourth-order valence-corrected chi connectivity index (χ4v) is 4.94. The van der Waals surface area contributed by atoms with Crippen molar-refractivity contribution in [3.05, 3.63) is 59.9 Å². The highest BCUT2D eigenvalue weighted by molar-refractivity contribution is 7.89. The zero-order chi connectivity index (χ0) is 21.7. The SMILES string of the molecule is CC(C(=O)Nc1ccc(S(=O)(=O)N2CCCCC2)cc1)N(C)Cc1ccc(F)cc1. The summed E-state index contributed by atoms with van der Waals surface area (Å²) < 4.78 is 40.0. The number of amides is 1. The zero-order valence-corrected chi connectivity index (χ0v) is 18.2. The molecule has 1 fully saturated rings. The number of halogens is 1. The van der Waals surface area contributed by atoms with Crippen molar-refractivity contribution in [3.8, 4) is 0 Å². The fraction of sp³-hybridized carbons (Fsp3) is 0.409. The first-order valence-electron chi connectivity index (χ1n) is 10.1. The fourth-order valence-electron chi connectivity index (χ4n) is 3.43. The highest BCUT2D eigenvalue weighted by atomic mass is 32.2. The predicted molar refractivity (Wildman–Crippen MR) is 115 cm³/mol. The predicted octanol–water partition coefficient (Wildman–Crippen LogP) is 3.46. The number of rotatable bonds is 7. The van der Waals surface area contributed by atoms with E-state index in [-0.39, 0.29) is 16.6 Å². The van der Waals surface area contributed by atoms with Gasteiger partial charge in [-0.15, -0.1) is 0 Å². The molecule has 0 aliphatic carbocycles. The Morgan fingerprint density at radius 1 is 1.07 bits per heavy atom. The van der Waals surface area contributed by atoms with Crippen LogP contribution in [0.1, 0.15) is 31.7 Å². The number of hydrogen-bond donors (Lipinski definition) is 1. The number of carbonyl (C=O) groups is 1. The summed E-state index contributed by atoms with van der Waals surface area (Å²) >= 11 is 0. The maximum Gasteiger partial charge on any atom is 0.243 e. The number of piperidine rings is 1. The molecule has 1 aliphatic heterocycles. The Kier molecular flexibility index (Phi) is 7.23. The molecule has 0 saturated carbocycles. The summed E-state index contributed by atoms with van der Waals surface area (Å²) in [5, 5.41) is 2.83. The second kappa shape index (κ2) is 9.68. The highest BCUT2D eigenvalue weighted by Crippen LogP contribution is 2.22. The summed E-state index contributed by atoms with van der Waals surface area (Å²) in [6, 6.07) is 12.0. The van der Waals surface area contributed by atoms with E-state index in [2.05, 4.69) is 5.32 Å². The van der Waals surface area contributed by atoms with Gasteiger partial charge in [0.2, 0.25) is 15.9 Å². The van der Waals surface area contributed by atoms with Gasteiger partial charge < -0.3 is 5.32 Å². The third-order valence-electron chi connectivity index (χ3n) is 5.46. The van der Waals surface area contributed by atoms with Crippen LogP contribution in [0, 0.1) is 5.82 Å².